The van der Waals surface area contributed by atoms with Crippen LogP contribution >= 0.6 is 22.9 Å². The summed E-state index contributed by atoms with van der Waals surface area (Å²) in [6, 6.07) is 9.32. The van der Waals surface area contributed by atoms with E-state index in [1.807, 2.05) is 41.9 Å². The van der Waals surface area contributed by atoms with Crippen LogP contribution in [0.4, 0.5) is 0 Å². The van der Waals surface area contributed by atoms with E-state index in [1.165, 1.54) is 11.3 Å². The molecule has 1 amide bonds. The third-order valence-corrected chi connectivity index (χ3v) is 9.01. The van der Waals surface area contributed by atoms with Gasteiger partial charge in [0.15, 0.2) is 9.84 Å². The number of carbonyl (C=O) groups excluding carboxylic acids is 1. The summed E-state index contributed by atoms with van der Waals surface area (Å²) in [6.07, 6.45) is 2.32. The van der Waals surface area contributed by atoms with E-state index in [0.29, 0.717) is 29.4 Å². The molecule has 9 heteroatoms. The zero-order chi connectivity index (χ0) is 22.2. The maximum atomic E-state index is 13.4. The van der Waals surface area contributed by atoms with Crippen LogP contribution in [0.15, 0.2) is 30.3 Å². The van der Waals surface area contributed by atoms with Crippen LogP contribution in [-0.2, 0) is 16.4 Å². The van der Waals surface area contributed by atoms with E-state index in [4.69, 9.17) is 11.6 Å². The zero-order valence-electron chi connectivity index (χ0n) is 17.7. The second-order valence-electron chi connectivity index (χ2n) is 8.07. The van der Waals surface area contributed by atoms with Crippen LogP contribution in [0.25, 0.3) is 10.2 Å². The molecular weight excluding hydrogens is 454 g/mol. The molecule has 0 unspecified atom stereocenters. The fourth-order valence-electron chi connectivity index (χ4n) is 4.05. The van der Waals surface area contributed by atoms with Gasteiger partial charge in [-0.15, -0.1) is 11.3 Å². The quantitative estimate of drug-likeness (QED) is 0.498. The van der Waals surface area contributed by atoms with Crippen LogP contribution in [0, 0.1) is 6.92 Å². The van der Waals surface area contributed by atoms with Gasteiger partial charge >= 0.3 is 0 Å². The Kier molecular flexibility index (Phi) is 6.42. The van der Waals surface area contributed by atoms with E-state index in [-0.39, 0.29) is 23.5 Å². The number of thiophene rings is 1. The number of aryl methyl sites for hydroxylation is 1. The van der Waals surface area contributed by atoms with E-state index in [2.05, 4.69) is 12.0 Å². The lowest BCUT2D eigenvalue weighted by Crippen LogP contribution is -2.41. The van der Waals surface area contributed by atoms with Crippen LogP contribution < -0.4 is 0 Å². The minimum atomic E-state index is -3.06. The number of carbonyl (C=O) groups is 1. The smallest absolute Gasteiger partial charge is 0.264 e. The fraction of sp³-hybridized carbons (Fsp3) is 0.455. The SMILES string of the molecule is CCCCN(C(=O)c1cc2c(C)nn(Cc3ccccc3Cl)c2s1)[C@@H]1CCS(=O)(=O)C1. The third kappa shape index (κ3) is 4.66. The second-order valence-corrected chi connectivity index (χ2v) is 11.7. The molecule has 31 heavy (non-hydrogen) atoms. The summed E-state index contributed by atoms with van der Waals surface area (Å²) in [6.45, 7) is 5.11. The number of unbranched alkanes of at least 4 members (excludes halogenated alkanes) is 1. The molecule has 1 atom stereocenters. The van der Waals surface area contributed by atoms with Crippen molar-refractivity contribution >= 4 is 48.9 Å². The summed E-state index contributed by atoms with van der Waals surface area (Å²) >= 11 is 7.74. The summed E-state index contributed by atoms with van der Waals surface area (Å²) in [5, 5.41) is 6.28. The third-order valence-electron chi connectivity index (χ3n) is 5.76. The molecule has 6 nitrogen and oxygen atoms in total. The number of halogens is 1. The molecule has 3 aromatic rings. The number of nitrogens with zero attached hydrogens (tertiary/aromatic N) is 3. The molecule has 166 valence electrons. The van der Waals surface area contributed by atoms with Crippen molar-refractivity contribution in [2.45, 2.75) is 45.7 Å². The number of amides is 1. The van der Waals surface area contributed by atoms with Crippen molar-refractivity contribution < 1.29 is 13.2 Å². The van der Waals surface area contributed by atoms with Crippen LogP contribution in [0.5, 0.6) is 0 Å². The Morgan fingerprint density at radius 3 is 2.81 bits per heavy atom. The van der Waals surface area contributed by atoms with E-state index in [1.54, 1.807) is 4.90 Å². The van der Waals surface area contributed by atoms with Crippen LogP contribution in [0.3, 0.4) is 0 Å². The molecule has 1 aromatic carbocycles. The normalized spacial score (nSPS) is 18.0. The number of fused-ring (bicyclic) bond motifs is 1. The topological polar surface area (TPSA) is 72.3 Å². The van der Waals surface area contributed by atoms with Crippen molar-refractivity contribution in [3.63, 3.8) is 0 Å². The van der Waals surface area contributed by atoms with Crippen molar-refractivity contribution in [3.05, 3.63) is 51.5 Å². The van der Waals surface area contributed by atoms with Crippen LogP contribution in [0.1, 0.15) is 47.1 Å². The molecule has 0 aliphatic carbocycles. The maximum absolute atomic E-state index is 13.4. The Morgan fingerprint density at radius 2 is 2.13 bits per heavy atom. The summed E-state index contributed by atoms with van der Waals surface area (Å²) in [5.41, 5.74) is 1.83. The summed E-state index contributed by atoms with van der Waals surface area (Å²) in [5.74, 6) is 0.138. The fourth-order valence-corrected chi connectivity index (χ4v) is 7.10. The van der Waals surface area contributed by atoms with Gasteiger partial charge in [0.25, 0.3) is 5.91 Å². The van der Waals surface area contributed by atoms with Gasteiger partial charge in [-0.05, 0) is 37.5 Å². The molecule has 4 rings (SSSR count). The Bertz CT molecular complexity index is 1220. The van der Waals surface area contributed by atoms with Gasteiger partial charge in [-0.25, -0.2) is 8.42 Å². The van der Waals surface area contributed by atoms with Crippen LogP contribution in [-0.4, -0.2) is 53.1 Å². The van der Waals surface area contributed by atoms with Gasteiger partial charge in [0, 0.05) is 23.0 Å². The van der Waals surface area contributed by atoms with Gasteiger partial charge < -0.3 is 4.90 Å². The molecule has 1 aliphatic rings. The maximum Gasteiger partial charge on any atom is 0.264 e. The van der Waals surface area contributed by atoms with Crippen molar-refractivity contribution in [1.29, 1.82) is 0 Å². The lowest BCUT2D eigenvalue weighted by Gasteiger charge is -2.27. The molecule has 3 heterocycles. The first kappa shape index (κ1) is 22.3. The zero-order valence-corrected chi connectivity index (χ0v) is 20.1. The highest BCUT2D eigenvalue weighted by atomic mass is 35.5. The Hall–Kier alpha value is -1.90. The lowest BCUT2D eigenvalue weighted by atomic mass is 10.2. The Balaban J connectivity index is 1.65. The monoisotopic (exact) mass is 479 g/mol. The van der Waals surface area contributed by atoms with Gasteiger partial charge in [0.2, 0.25) is 0 Å². The van der Waals surface area contributed by atoms with Gasteiger partial charge in [-0.1, -0.05) is 43.1 Å². The van der Waals surface area contributed by atoms with Gasteiger partial charge in [0.1, 0.15) is 4.83 Å². The van der Waals surface area contributed by atoms with Crippen molar-refractivity contribution in [2.75, 3.05) is 18.1 Å². The van der Waals surface area contributed by atoms with Crippen molar-refractivity contribution in [3.8, 4) is 0 Å². The lowest BCUT2D eigenvalue weighted by molar-refractivity contribution is 0.0699. The van der Waals surface area contributed by atoms with E-state index in [0.717, 1.165) is 34.3 Å². The van der Waals surface area contributed by atoms with Crippen LogP contribution in [0.2, 0.25) is 5.02 Å². The summed E-state index contributed by atoms with van der Waals surface area (Å²) in [7, 11) is -3.06. The molecule has 0 N–H and O–H groups in total. The standard InChI is InChI=1S/C22H26ClN3O3S2/c1-3-4-10-25(17-9-11-31(28,29)14-17)21(27)20-12-18-15(2)24-26(22(18)30-20)13-16-7-5-6-8-19(16)23/h5-8,12,17H,3-4,9-11,13-14H2,1-2H3/t17-/m1/s1. The minimum Gasteiger partial charge on any atom is -0.334 e. The second kappa shape index (κ2) is 8.92. The van der Waals surface area contributed by atoms with Gasteiger partial charge in [0.05, 0.1) is 28.6 Å². The van der Waals surface area contributed by atoms with Gasteiger partial charge in [-0.2, -0.15) is 5.10 Å². The number of hydrogen-bond donors (Lipinski definition) is 0. The summed E-state index contributed by atoms with van der Waals surface area (Å²) < 4.78 is 25.9. The number of aromatic nitrogens is 2. The van der Waals surface area contributed by atoms with E-state index < -0.39 is 9.84 Å². The Morgan fingerprint density at radius 1 is 1.35 bits per heavy atom. The first-order valence-electron chi connectivity index (χ1n) is 10.5. The molecule has 1 fully saturated rings. The number of rotatable bonds is 7. The van der Waals surface area contributed by atoms with E-state index >= 15 is 0 Å². The average Bonchev–Trinajstić information content (AvgIpc) is 3.39. The minimum absolute atomic E-state index is 0.0622. The van der Waals surface area contributed by atoms with Crippen molar-refractivity contribution in [1.82, 2.24) is 14.7 Å². The Labute approximate surface area is 191 Å². The average molecular weight is 480 g/mol. The largest absolute Gasteiger partial charge is 0.334 e. The van der Waals surface area contributed by atoms with Gasteiger partial charge in [-0.3, -0.25) is 9.48 Å². The summed E-state index contributed by atoms with van der Waals surface area (Å²) in [4.78, 5) is 16.8. The first-order chi connectivity index (χ1) is 14.8. The molecule has 1 aliphatic heterocycles. The molecule has 0 bridgehead atoms. The number of benzene rings is 1. The predicted molar refractivity (Wildman–Crippen MR) is 126 cm³/mol. The highest BCUT2D eigenvalue weighted by Gasteiger charge is 2.35. The first-order valence-corrected chi connectivity index (χ1v) is 13.5. The number of hydrogen-bond acceptors (Lipinski definition) is 5. The number of sulfone groups is 1. The van der Waals surface area contributed by atoms with E-state index in [9.17, 15) is 13.2 Å². The molecule has 1 saturated heterocycles. The molecule has 0 radical (unpaired) electrons. The molecule has 0 saturated carbocycles. The van der Waals surface area contributed by atoms with Crippen molar-refractivity contribution in [2.24, 2.45) is 0 Å². The highest BCUT2D eigenvalue weighted by molar-refractivity contribution is 7.91. The highest BCUT2D eigenvalue weighted by Crippen LogP contribution is 2.31. The predicted octanol–water partition coefficient (Wildman–Crippen LogP) is 4.54. The molecule has 0 spiro atoms. The molecular formula is C22H26ClN3O3S2. The molecule has 2 aromatic heterocycles.